The number of hydrogen-bond acceptors (Lipinski definition) is 3. The van der Waals surface area contributed by atoms with E-state index in [1.54, 1.807) is 24.1 Å². The summed E-state index contributed by atoms with van der Waals surface area (Å²) in [5, 5.41) is 13.0. The van der Waals surface area contributed by atoms with Crippen molar-refractivity contribution in [2.24, 2.45) is 5.92 Å². The molecule has 1 heterocycles. The molecule has 0 radical (unpaired) electrons. The van der Waals surface area contributed by atoms with E-state index >= 15 is 0 Å². The summed E-state index contributed by atoms with van der Waals surface area (Å²) in [6, 6.07) is 7.17. The van der Waals surface area contributed by atoms with Gasteiger partial charge < -0.3 is 15.3 Å². The third kappa shape index (κ3) is 3.96. The Morgan fingerprint density at radius 3 is 2.74 bits per heavy atom. The van der Waals surface area contributed by atoms with Crippen molar-refractivity contribution in [3.8, 4) is 5.75 Å². The third-order valence-electron chi connectivity index (χ3n) is 3.75. The second-order valence-electron chi connectivity index (χ2n) is 5.28. The smallest absolute Gasteiger partial charge is 0.222 e. The molecule has 4 nitrogen and oxygen atoms in total. The van der Waals surface area contributed by atoms with E-state index in [1.165, 1.54) is 0 Å². The Bertz CT molecular complexity index is 428. The fourth-order valence-electron chi connectivity index (χ4n) is 2.48. The Kier molecular flexibility index (Phi) is 4.80. The summed E-state index contributed by atoms with van der Waals surface area (Å²) in [5.74, 6) is 0.916. The van der Waals surface area contributed by atoms with E-state index in [0.717, 1.165) is 31.5 Å². The molecule has 1 amide bonds. The maximum absolute atomic E-state index is 12.2. The van der Waals surface area contributed by atoms with Crippen LogP contribution in [0.1, 0.15) is 24.8 Å². The molecule has 0 unspecified atom stereocenters. The molecular formula is C15H22N2O2. The van der Waals surface area contributed by atoms with Crippen molar-refractivity contribution in [1.82, 2.24) is 10.2 Å². The van der Waals surface area contributed by atoms with Gasteiger partial charge in [-0.3, -0.25) is 4.79 Å². The van der Waals surface area contributed by atoms with Crippen molar-refractivity contribution >= 4 is 5.91 Å². The number of piperidine rings is 1. The van der Waals surface area contributed by atoms with Gasteiger partial charge in [0.15, 0.2) is 0 Å². The van der Waals surface area contributed by atoms with Gasteiger partial charge in [-0.05, 0) is 37.9 Å². The van der Waals surface area contributed by atoms with Crippen molar-refractivity contribution in [3.63, 3.8) is 0 Å². The van der Waals surface area contributed by atoms with Gasteiger partial charge in [0.25, 0.3) is 0 Å². The van der Waals surface area contributed by atoms with Crippen molar-refractivity contribution in [1.29, 1.82) is 0 Å². The first-order valence-electron chi connectivity index (χ1n) is 6.88. The second kappa shape index (κ2) is 6.57. The molecule has 0 bridgehead atoms. The number of aromatic hydroxyl groups is 1. The van der Waals surface area contributed by atoms with Crippen LogP contribution in [0, 0.1) is 5.92 Å². The number of hydrogen-bond donors (Lipinski definition) is 2. The first kappa shape index (κ1) is 13.9. The maximum Gasteiger partial charge on any atom is 0.222 e. The minimum absolute atomic E-state index is 0.162. The molecular weight excluding hydrogens is 240 g/mol. The van der Waals surface area contributed by atoms with Crippen LogP contribution in [0.15, 0.2) is 24.3 Å². The predicted molar refractivity (Wildman–Crippen MR) is 74.8 cm³/mol. The SMILES string of the molecule is CN(Cc1ccccc1O)C(=O)CC1CCNCC1. The molecule has 0 atom stereocenters. The van der Waals surface area contributed by atoms with Gasteiger partial charge in [-0.15, -0.1) is 0 Å². The number of carbonyl (C=O) groups is 1. The van der Waals surface area contributed by atoms with Crippen LogP contribution in [0.2, 0.25) is 0 Å². The Morgan fingerprint density at radius 1 is 1.37 bits per heavy atom. The number of nitrogens with zero attached hydrogens (tertiary/aromatic N) is 1. The summed E-state index contributed by atoms with van der Waals surface area (Å²) >= 11 is 0. The maximum atomic E-state index is 12.2. The zero-order valence-electron chi connectivity index (χ0n) is 11.4. The number of carbonyl (C=O) groups excluding carboxylic acids is 1. The van der Waals surface area contributed by atoms with Crippen LogP contribution >= 0.6 is 0 Å². The van der Waals surface area contributed by atoms with Crippen LogP contribution in [0.5, 0.6) is 5.75 Å². The molecule has 1 saturated heterocycles. The summed E-state index contributed by atoms with van der Waals surface area (Å²) in [6.07, 6.45) is 2.78. The molecule has 0 saturated carbocycles. The Hall–Kier alpha value is -1.55. The van der Waals surface area contributed by atoms with Crippen molar-refractivity contribution in [3.05, 3.63) is 29.8 Å². The van der Waals surface area contributed by atoms with E-state index in [-0.39, 0.29) is 11.7 Å². The largest absolute Gasteiger partial charge is 0.508 e. The zero-order valence-corrected chi connectivity index (χ0v) is 11.4. The highest BCUT2D eigenvalue weighted by Gasteiger charge is 2.19. The molecule has 104 valence electrons. The number of para-hydroxylation sites is 1. The van der Waals surface area contributed by atoms with Gasteiger partial charge in [0.05, 0.1) is 0 Å². The van der Waals surface area contributed by atoms with E-state index in [1.807, 2.05) is 12.1 Å². The van der Waals surface area contributed by atoms with Gasteiger partial charge in [0, 0.05) is 25.6 Å². The number of benzene rings is 1. The van der Waals surface area contributed by atoms with Gasteiger partial charge in [0.2, 0.25) is 5.91 Å². The number of phenolic OH excluding ortho intramolecular Hbond substituents is 1. The Morgan fingerprint density at radius 2 is 2.05 bits per heavy atom. The van der Waals surface area contributed by atoms with E-state index in [0.29, 0.717) is 18.9 Å². The van der Waals surface area contributed by atoms with Crippen LogP contribution in [0.3, 0.4) is 0 Å². The van der Waals surface area contributed by atoms with E-state index < -0.39 is 0 Å². The number of nitrogens with one attached hydrogen (secondary N) is 1. The van der Waals surface area contributed by atoms with Crippen molar-refractivity contribution in [2.75, 3.05) is 20.1 Å². The highest BCUT2D eigenvalue weighted by Crippen LogP contribution is 2.20. The standard InChI is InChI=1S/C15H22N2O2/c1-17(11-13-4-2-3-5-14(13)18)15(19)10-12-6-8-16-9-7-12/h2-5,12,16,18H,6-11H2,1H3. The first-order valence-corrected chi connectivity index (χ1v) is 6.88. The molecule has 0 aliphatic carbocycles. The fourth-order valence-corrected chi connectivity index (χ4v) is 2.48. The lowest BCUT2D eigenvalue weighted by atomic mass is 9.94. The van der Waals surface area contributed by atoms with E-state index in [9.17, 15) is 9.90 Å². The van der Waals surface area contributed by atoms with Crippen molar-refractivity contribution < 1.29 is 9.90 Å². The molecule has 1 aromatic carbocycles. The molecule has 4 heteroatoms. The van der Waals surface area contributed by atoms with Crippen LogP contribution in [-0.2, 0) is 11.3 Å². The fraction of sp³-hybridized carbons (Fsp3) is 0.533. The Balaban J connectivity index is 1.87. The molecule has 0 aromatic heterocycles. The second-order valence-corrected chi connectivity index (χ2v) is 5.28. The van der Waals surface area contributed by atoms with Gasteiger partial charge in [0.1, 0.15) is 5.75 Å². The lowest BCUT2D eigenvalue weighted by molar-refractivity contribution is -0.131. The molecule has 2 N–H and O–H groups in total. The first-order chi connectivity index (χ1) is 9.16. The van der Waals surface area contributed by atoms with Gasteiger partial charge >= 0.3 is 0 Å². The van der Waals surface area contributed by atoms with Gasteiger partial charge in [-0.2, -0.15) is 0 Å². The van der Waals surface area contributed by atoms with E-state index in [2.05, 4.69) is 5.32 Å². The number of rotatable bonds is 4. The highest BCUT2D eigenvalue weighted by atomic mass is 16.3. The quantitative estimate of drug-likeness (QED) is 0.869. The molecule has 1 aliphatic rings. The van der Waals surface area contributed by atoms with Crippen LogP contribution in [0.4, 0.5) is 0 Å². The predicted octanol–water partition coefficient (Wildman–Crippen LogP) is 1.74. The van der Waals surface area contributed by atoms with Crippen LogP contribution < -0.4 is 5.32 Å². The summed E-state index contributed by atoms with van der Waals surface area (Å²) < 4.78 is 0. The zero-order chi connectivity index (χ0) is 13.7. The van der Waals surface area contributed by atoms with Gasteiger partial charge in [-0.1, -0.05) is 18.2 Å². The molecule has 1 aromatic rings. The molecule has 1 fully saturated rings. The summed E-state index contributed by atoms with van der Waals surface area (Å²) in [6.45, 7) is 2.50. The van der Waals surface area contributed by atoms with Crippen LogP contribution in [0.25, 0.3) is 0 Å². The van der Waals surface area contributed by atoms with Crippen LogP contribution in [-0.4, -0.2) is 36.1 Å². The average molecular weight is 262 g/mol. The topological polar surface area (TPSA) is 52.6 Å². The molecule has 0 spiro atoms. The highest BCUT2D eigenvalue weighted by molar-refractivity contribution is 5.76. The van der Waals surface area contributed by atoms with E-state index in [4.69, 9.17) is 0 Å². The average Bonchev–Trinajstić information content (AvgIpc) is 2.42. The summed E-state index contributed by atoms with van der Waals surface area (Å²) in [7, 11) is 1.80. The van der Waals surface area contributed by atoms with Crippen molar-refractivity contribution in [2.45, 2.75) is 25.8 Å². The molecule has 19 heavy (non-hydrogen) atoms. The summed E-state index contributed by atoms with van der Waals surface area (Å²) in [5.41, 5.74) is 0.795. The third-order valence-corrected chi connectivity index (χ3v) is 3.75. The lowest BCUT2D eigenvalue weighted by Gasteiger charge is -2.25. The molecule has 1 aliphatic heterocycles. The monoisotopic (exact) mass is 262 g/mol. The van der Waals surface area contributed by atoms with Gasteiger partial charge in [-0.25, -0.2) is 0 Å². The lowest BCUT2D eigenvalue weighted by Crippen LogP contribution is -2.33. The summed E-state index contributed by atoms with van der Waals surface area (Å²) in [4.78, 5) is 13.9. The minimum Gasteiger partial charge on any atom is -0.508 e. The number of phenols is 1. The normalized spacial score (nSPS) is 16.3. The number of amides is 1. The minimum atomic E-state index is 0.162. The molecule has 2 rings (SSSR count). The Labute approximate surface area is 114 Å².